The number of nitrogens with zero attached hydrogens (tertiary/aromatic N) is 3. The molecule has 1 aromatic heterocycles. The van der Waals surface area contributed by atoms with E-state index in [2.05, 4.69) is 29.5 Å². The molecule has 1 aromatic rings. The van der Waals surface area contributed by atoms with Crippen molar-refractivity contribution in [2.45, 2.75) is 39.8 Å². The molecule has 6 nitrogen and oxygen atoms in total. The van der Waals surface area contributed by atoms with Gasteiger partial charge in [0.05, 0.1) is 5.69 Å². The normalized spacial score (nSPS) is 11.4. The van der Waals surface area contributed by atoms with Crippen molar-refractivity contribution in [3.8, 4) is 0 Å². The quantitative estimate of drug-likeness (QED) is 0.582. The summed E-state index contributed by atoms with van der Waals surface area (Å²) in [5.41, 5.74) is 0.932. The molecule has 0 amide bonds. The second-order valence-electron chi connectivity index (χ2n) is 5.05. The first-order valence-electron chi connectivity index (χ1n) is 7.00. The second-order valence-corrected chi connectivity index (χ2v) is 5.05. The van der Waals surface area contributed by atoms with Gasteiger partial charge in [-0.1, -0.05) is 19.1 Å². The summed E-state index contributed by atoms with van der Waals surface area (Å²) in [4.78, 5) is 0. The third-order valence-corrected chi connectivity index (χ3v) is 2.53. The van der Waals surface area contributed by atoms with Crippen molar-refractivity contribution >= 4 is 0 Å². The van der Waals surface area contributed by atoms with Crippen LogP contribution in [-0.4, -0.2) is 46.5 Å². The molecule has 0 aliphatic carbocycles. The highest BCUT2D eigenvalue weighted by Gasteiger charge is 2.00. The smallest absolute Gasteiger partial charge is 0.0964 e. The minimum atomic E-state index is 0.184. The fourth-order valence-electron chi connectivity index (χ4n) is 1.60. The minimum Gasteiger partial charge on any atom is -0.396 e. The van der Waals surface area contributed by atoms with Crippen LogP contribution in [0.15, 0.2) is 6.20 Å². The number of aromatic nitrogens is 3. The molecular formula is C13H26N4O2. The van der Waals surface area contributed by atoms with Crippen LogP contribution in [0, 0.1) is 5.92 Å². The van der Waals surface area contributed by atoms with E-state index in [1.165, 1.54) is 0 Å². The van der Waals surface area contributed by atoms with E-state index in [1.54, 1.807) is 4.68 Å². The van der Waals surface area contributed by atoms with Gasteiger partial charge in [-0.25, -0.2) is 0 Å². The van der Waals surface area contributed by atoms with Crippen molar-refractivity contribution in [2.24, 2.45) is 5.92 Å². The van der Waals surface area contributed by atoms with Crippen LogP contribution in [0.25, 0.3) is 0 Å². The number of aliphatic hydroxyl groups is 1. The summed E-state index contributed by atoms with van der Waals surface area (Å²) in [5.74, 6) is 0.599. The molecule has 0 spiro atoms. The fourth-order valence-corrected chi connectivity index (χ4v) is 1.60. The van der Waals surface area contributed by atoms with E-state index in [-0.39, 0.29) is 6.61 Å². The molecule has 0 aliphatic rings. The zero-order valence-corrected chi connectivity index (χ0v) is 12.0. The summed E-state index contributed by atoms with van der Waals surface area (Å²) in [6.07, 6.45) is 3.63. The average molecular weight is 270 g/mol. The Morgan fingerprint density at radius 2 is 2.26 bits per heavy atom. The molecule has 0 aromatic carbocycles. The number of hydrogen-bond acceptors (Lipinski definition) is 5. The molecule has 19 heavy (non-hydrogen) atoms. The highest BCUT2D eigenvalue weighted by Crippen LogP contribution is 1.95. The van der Waals surface area contributed by atoms with Gasteiger partial charge < -0.3 is 15.2 Å². The van der Waals surface area contributed by atoms with Gasteiger partial charge >= 0.3 is 0 Å². The summed E-state index contributed by atoms with van der Waals surface area (Å²) in [6, 6.07) is 0. The largest absolute Gasteiger partial charge is 0.396 e. The SMILES string of the molecule is CC(C)COCCCNCc1cn(CCCO)nn1. The maximum absolute atomic E-state index is 8.73. The molecule has 0 aliphatic heterocycles. The van der Waals surface area contributed by atoms with Gasteiger partial charge in [-0.15, -0.1) is 5.10 Å². The minimum absolute atomic E-state index is 0.184. The van der Waals surface area contributed by atoms with Gasteiger partial charge in [-0.05, 0) is 25.3 Å². The summed E-state index contributed by atoms with van der Waals surface area (Å²) in [7, 11) is 0. The second kappa shape index (κ2) is 9.89. The van der Waals surface area contributed by atoms with Crippen LogP contribution in [0.3, 0.4) is 0 Å². The van der Waals surface area contributed by atoms with Crippen molar-refractivity contribution < 1.29 is 9.84 Å². The van der Waals surface area contributed by atoms with E-state index in [9.17, 15) is 0 Å². The van der Waals surface area contributed by atoms with E-state index in [0.29, 0.717) is 18.9 Å². The lowest BCUT2D eigenvalue weighted by Gasteiger charge is -2.06. The molecule has 0 radical (unpaired) electrons. The topological polar surface area (TPSA) is 72.2 Å². The van der Waals surface area contributed by atoms with E-state index in [1.807, 2.05) is 6.20 Å². The summed E-state index contributed by atoms with van der Waals surface area (Å²) < 4.78 is 7.26. The molecule has 0 atom stereocenters. The Morgan fingerprint density at radius 1 is 1.42 bits per heavy atom. The Morgan fingerprint density at radius 3 is 3.00 bits per heavy atom. The van der Waals surface area contributed by atoms with Crippen molar-refractivity contribution in [3.05, 3.63) is 11.9 Å². The van der Waals surface area contributed by atoms with E-state index < -0.39 is 0 Å². The Labute approximate surface area is 115 Å². The monoisotopic (exact) mass is 270 g/mol. The molecule has 110 valence electrons. The number of aliphatic hydroxyl groups excluding tert-OH is 1. The van der Waals surface area contributed by atoms with Gasteiger partial charge in [0.1, 0.15) is 0 Å². The number of aryl methyl sites for hydroxylation is 1. The lowest BCUT2D eigenvalue weighted by Crippen LogP contribution is -2.17. The molecular weight excluding hydrogens is 244 g/mol. The summed E-state index contributed by atoms with van der Waals surface area (Å²) >= 11 is 0. The van der Waals surface area contributed by atoms with E-state index in [4.69, 9.17) is 9.84 Å². The van der Waals surface area contributed by atoms with Crippen molar-refractivity contribution in [1.82, 2.24) is 20.3 Å². The number of nitrogens with one attached hydrogen (secondary N) is 1. The van der Waals surface area contributed by atoms with Gasteiger partial charge in [-0.3, -0.25) is 4.68 Å². The average Bonchev–Trinajstić information content (AvgIpc) is 2.83. The Bertz CT molecular complexity index is 328. The van der Waals surface area contributed by atoms with Crippen LogP contribution in [0.1, 0.15) is 32.4 Å². The first-order valence-corrected chi connectivity index (χ1v) is 7.00. The van der Waals surface area contributed by atoms with Crippen molar-refractivity contribution in [1.29, 1.82) is 0 Å². The van der Waals surface area contributed by atoms with Crippen molar-refractivity contribution in [2.75, 3.05) is 26.4 Å². The van der Waals surface area contributed by atoms with Gasteiger partial charge in [0.2, 0.25) is 0 Å². The zero-order valence-electron chi connectivity index (χ0n) is 12.0. The Balaban J connectivity index is 2.01. The number of rotatable bonds is 11. The summed E-state index contributed by atoms with van der Waals surface area (Å²) in [5, 5.41) is 20.1. The first kappa shape index (κ1) is 16.1. The number of hydrogen-bond donors (Lipinski definition) is 2. The third kappa shape index (κ3) is 7.92. The molecule has 6 heteroatoms. The molecule has 1 heterocycles. The molecule has 0 fully saturated rings. The standard InChI is InChI=1S/C13H26N4O2/c1-12(2)11-19-8-3-5-14-9-13-10-17(16-15-13)6-4-7-18/h10,12,14,18H,3-9,11H2,1-2H3. The van der Waals surface area contributed by atoms with Gasteiger partial charge in [0, 0.05) is 39.1 Å². The van der Waals surface area contributed by atoms with Crippen LogP contribution in [0.4, 0.5) is 0 Å². The Kier molecular flexibility index (Phi) is 8.36. The van der Waals surface area contributed by atoms with Crippen molar-refractivity contribution in [3.63, 3.8) is 0 Å². The van der Waals surface area contributed by atoms with E-state index in [0.717, 1.165) is 38.4 Å². The van der Waals surface area contributed by atoms with Gasteiger partial charge in [0.25, 0.3) is 0 Å². The third-order valence-electron chi connectivity index (χ3n) is 2.53. The molecule has 0 bridgehead atoms. The van der Waals surface area contributed by atoms with Crippen LogP contribution in [-0.2, 0) is 17.8 Å². The van der Waals surface area contributed by atoms with Crippen LogP contribution < -0.4 is 5.32 Å². The predicted octanol–water partition coefficient (Wildman–Crippen LogP) is 0.813. The maximum atomic E-state index is 8.73. The van der Waals surface area contributed by atoms with Gasteiger partial charge in [-0.2, -0.15) is 0 Å². The van der Waals surface area contributed by atoms with Crippen LogP contribution >= 0.6 is 0 Å². The summed E-state index contributed by atoms with van der Waals surface area (Å²) in [6.45, 7) is 8.48. The molecule has 0 saturated heterocycles. The molecule has 0 unspecified atom stereocenters. The molecule has 1 rings (SSSR count). The first-order chi connectivity index (χ1) is 9.22. The number of ether oxygens (including phenoxy) is 1. The highest BCUT2D eigenvalue weighted by atomic mass is 16.5. The molecule has 2 N–H and O–H groups in total. The van der Waals surface area contributed by atoms with Gasteiger partial charge in [0.15, 0.2) is 0 Å². The van der Waals surface area contributed by atoms with Crippen LogP contribution in [0.2, 0.25) is 0 Å². The maximum Gasteiger partial charge on any atom is 0.0964 e. The Hall–Kier alpha value is -0.980. The fraction of sp³-hybridized carbons (Fsp3) is 0.846. The zero-order chi connectivity index (χ0) is 13.9. The lowest BCUT2D eigenvalue weighted by molar-refractivity contribution is 0.108. The van der Waals surface area contributed by atoms with E-state index >= 15 is 0 Å². The predicted molar refractivity (Wildman–Crippen MR) is 73.7 cm³/mol. The lowest BCUT2D eigenvalue weighted by atomic mass is 10.2. The highest BCUT2D eigenvalue weighted by molar-refractivity contribution is 4.91. The molecule has 0 saturated carbocycles. The van der Waals surface area contributed by atoms with Crippen LogP contribution in [0.5, 0.6) is 0 Å².